The Bertz CT molecular complexity index is 404. The maximum absolute atomic E-state index is 12.1. The lowest BCUT2D eigenvalue weighted by molar-refractivity contribution is 0.0897. The molecule has 0 saturated heterocycles. The molecule has 19 heavy (non-hydrogen) atoms. The number of benzene rings is 1. The molecule has 0 saturated carbocycles. The third kappa shape index (κ3) is 5.43. The average Bonchev–Trinajstić information content (AvgIpc) is 2.36. The highest BCUT2D eigenvalue weighted by Crippen LogP contribution is 2.20. The maximum Gasteiger partial charge on any atom is 0.251 e. The summed E-state index contributed by atoms with van der Waals surface area (Å²) in [5.41, 5.74) is 1.93. The number of carbonyl (C=O) groups is 1. The lowest BCUT2D eigenvalue weighted by atomic mass is 9.88. The highest BCUT2D eigenvalue weighted by molar-refractivity contribution is 5.94. The standard InChI is InChI=1S/C16H25NO2/c1-5-12-6-8-13(9-7-12)15(19)17-14(11-18)10-16(2,3)4/h6-9,14,18H,5,10-11H2,1-4H3,(H,17,19). The minimum Gasteiger partial charge on any atom is -0.394 e. The Morgan fingerprint density at radius 1 is 1.26 bits per heavy atom. The molecule has 0 aliphatic heterocycles. The first-order valence-corrected chi connectivity index (χ1v) is 6.86. The van der Waals surface area contributed by atoms with Crippen molar-refractivity contribution in [1.82, 2.24) is 5.32 Å². The Balaban J connectivity index is 2.66. The SMILES string of the molecule is CCc1ccc(C(=O)NC(CO)CC(C)(C)C)cc1. The van der Waals surface area contributed by atoms with Gasteiger partial charge in [-0.05, 0) is 36.0 Å². The van der Waals surface area contributed by atoms with Crippen molar-refractivity contribution < 1.29 is 9.90 Å². The summed E-state index contributed by atoms with van der Waals surface area (Å²) in [5.74, 6) is -0.119. The molecule has 2 N–H and O–H groups in total. The summed E-state index contributed by atoms with van der Waals surface area (Å²) in [6.45, 7) is 8.34. The summed E-state index contributed by atoms with van der Waals surface area (Å²) >= 11 is 0. The van der Waals surface area contributed by atoms with Gasteiger partial charge in [-0.1, -0.05) is 39.8 Å². The van der Waals surface area contributed by atoms with Gasteiger partial charge in [-0.2, -0.15) is 0 Å². The van der Waals surface area contributed by atoms with Gasteiger partial charge in [0.25, 0.3) is 5.91 Å². The lowest BCUT2D eigenvalue weighted by Gasteiger charge is -2.25. The first-order valence-electron chi connectivity index (χ1n) is 6.86. The largest absolute Gasteiger partial charge is 0.394 e. The van der Waals surface area contributed by atoms with Gasteiger partial charge in [0.05, 0.1) is 12.6 Å². The quantitative estimate of drug-likeness (QED) is 0.858. The van der Waals surface area contributed by atoms with Gasteiger partial charge in [0.2, 0.25) is 0 Å². The Morgan fingerprint density at radius 2 is 1.84 bits per heavy atom. The van der Waals surface area contributed by atoms with Crippen LogP contribution in [0.25, 0.3) is 0 Å². The number of amides is 1. The predicted octanol–water partition coefficient (Wildman–Crippen LogP) is 2.78. The molecule has 0 bridgehead atoms. The number of rotatable bonds is 5. The van der Waals surface area contributed by atoms with Crippen molar-refractivity contribution in [3.8, 4) is 0 Å². The molecule has 1 aromatic carbocycles. The van der Waals surface area contributed by atoms with E-state index in [0.29, 0.717) is 5.56 Å². The van der Waals surface area contributed by atoms with E-state index in [1.165, 1.54) is 5.56 Å². The summed E-state index contributed by atoms with van der Waals surface area (Å²) in [4.78, 5) is 12.1. The van der Waals surface area contributed by atoms with E-state index >= 15 is 0 Å². The number of aryl methyl sites for hydroxylation is 1. The van der Waals surface area contributed by atoms with E-state index in [0.717, 1.165) is 12.8 Å². The molecule has 0 aliphatic carbocycles. The van der Waals surface area contributed by atoms with Crippen LogP contribution < -0.4 is 5.32 Å². The molecule has 0 aliphatic rings. The number of carbonyl (C=O) groups excluding carboxylic acids is 1. The summed E-state index contributed by atoms with van der Waals surface area (Å²) in [7, 11) is 0. The zero-order valence-corrected chi connectivity index (χ0v) is 12.4. The summed E-state index contributed by atoms with van der Waals surface area (Å²) in [6.07, 6.45) is 1.72. The van der Waals surface area contributed by atoms with Crippen LogP contribution in [0.2, 0.25) is 0 Å². The van der Waals surface area contributed by atoms with Crippen molar-refractivity contribution in [2.75, 3.05) is 6.61 Å². The molecule has 1 aromatic rings. The smallest absolute Gasteiger partial charge is 0.251 e. The van der Waals surface area contributed by atoms with E-state index in [1.54, 1.807) is 0 Å². The molecular formula is C16H25NO2. The monoisotopic (exact) mass is 263 g/mol. The molecule has 0 spiro atoms. The number of aliphatic hydroxyl groups is 1. The van der Waals surface area contributed by atoms with Crippen molar-refractivity contribution in [1.29, 1.82) is 0 Å². The van der Waals surface area contributed by atoms with Crippen molar-refractivity contribution in [3.05, 3.63) is 35.4 Å². The summed E-state index contributed by atoms with van der Waals surface area (Å²) < 4.78 is 0. The van der Waals surface area contributed by atoms with E-state index in [1.807, 2.05) is 24.3 Å². The fourth-order valence-corrected chi connectivity index (χ4v) is 2.06. The van der Waals surface area contributed by atoms with E-state index in [9.17, 15) is 9.90 Å². The molecule has 1 unspecified atom stereocenters. The molecular weight excluding hydrogens is 238 g/mol. The Morgan fingerprint density at radius 3 is 2.26 bits per heavy atom. The minimum atomic E-state index is -0.196. The fourth-order valence-electron chi connectivity index (χ4n) is 2.06. The second-order valence-corrected chi connectivity index (χ2v) is 6.17. The van der Waals surface area contributed by atoms with E-state index in [-0.39, 0.29) is 24.0 Å². The number of hydrogen-bond acceptors (Lipinski definition) is 2. The zero-order chi connectivity index (χ0) is 14.5. The van der Waals surface area contributed by atoms with Gasteiger partial charge in [0, 0.05) is 5.56 Å². The second-order valence-electron chi connectivity index (χ2n) is 6.17. The lowest BCUT2D eigenvalue weighted by Crippen LogP contribution is -2.40. The van der Waals surface area contributed by atoms with Gasteiger partial charge in [-0.15, -0.1) is 0 Å². The van der Waals surface area contributed by atoms with Gasteiger partial charge in [0.1, 0.15) is 0 Å². The topological polar surface area (TPSA) is 49.3 Å². The van der Waals surface area contributed by atoms with Gasteiger partial charge in [0.15, 0.2) is 0 Å². The van der Waals surface area contributed by atoms with Gasteiger partial charge >= 0.3 is 0 Å². The van der Waals surface area contributed by atoms with Gasteiger partial charge in [-0.3, -0.25) is 4.79 Å². The van der Waals surface area contributed by atoms with Crippen LogP contribution in [0.5, 0.6) is 0 Å². The van der Waals surface area contributed by atoms with Crippen LogP contribution in [0.15, 0.2) is 24.3 Å². The number of nitrogens with one attached hydrogen (secondary N) is 1. The van der Waals surface area contributed by atoms with Crippen LogP contribution in [-0.4, -0.2) is 23.7 Å². The first kappa shape index (κ1) is 15.7. The van der Waals surface area contributed by atoms with Crippen molar-refractivity contribution in [2.45, 2.75) is 46.6 Å². The van der Waals surface area contributed by atoms with E-state index in [2.05, 4.69) is 33.0 Å². The van der Waals surface area contributed by atoms with Crippen LogP contribution in [0.3, 0.4) is 0 Å². The highest BCUT2D eigenvalue weighted by Gasteiger charge is 2.20. The van der Waals surface area contributed by atoms with Crippen LogP contribution >= 0.6 is 0 Å². The zero-order valence-electron chi connectivity index (χ0n) is 12.4. The molecule has 3 heteroatoms. The number of hydrogen-bond donors (Lipinski definition) is 2. The van der Waals surface area contributed by atoms with Crippen LogP contribution in [-0.2, 0) is 6.42 Å². The number of aliphatic hydroxyl groups excluding tert-OH is 1. The normalized spacial score (nSPS) is 13.1. The Kier molecular flexibility index (Phi) is 5.55. The van der Waals surface area contributed by atoms with Crippen molar-refractivity contribution in [2.24, 2.45) is 5.41 Å². The Hall–Kier alpha value is -1.35. The van der Waals surface area contributed by atoms with Gasteiger partial charge < -0.3 is 10.4 Å². The maximum atomic E-state index is 12.1. The van der Waals surface area contributed by atoms with Crippen LogP contribution in [0.4, 0.5) is 0 Å². The van der Waals surface area contributed by atoms with Crippen molar-refractivity contribution in [3.63, 3.8) is 0 Å². The minimum absolute atomic E-state index is 0.0317. The van der Waals surface area contributed by atoms with E-state index in [4.69, 9.17) is 0 Å². The Labute approximate surface area is 116 Å². The van der Waals surface area contributed by atoms with E-state index < -0.39 is 0 Å². The molecule has 0 aromatic heterocycles. The van der Waals surface area contributed by atoms with Crippen molar-refractivity contribution >= 4 is 5.91 Å². The summed E-state index contributed by atoms with van der Waals surface area (Å²) in [5, 5.41) is 12.2. The first-order chi connectivity index (χ1) is 8.85. The molecule has 0 heterocycles. The molecule has 0 radical (unpaired) electrons. The fraction of sp³-hybridized carbons (Fsp3) is 0.562. The van der Waals surface area contributed by atoms with Crippen LogP contribution in [0.1, 0.15) is 50.0 Å². The van der Waals surface area contributed by atoms with Crippen LogP contribution in [0, 0.1) is 5.41 Å². The molecule has 1 amide bonds. The second kappa shape index (κ2) is 6.71. The molecule has 1 rings (SSSR count). The molecule has 3 nitrogen and oxygen atoms in total. The third-order valence-electron chi connectivity index (χ3n) is 3.04. The molecule has 106 valence electrons. The third-order valence-corrected chi connectivity index (χ3v) is 3.04. The highest BCUT2D eigenvalue weighted by atomic mass is 16.3. The van der Waals surface area contributed by atoms with Gasteiger partial charge in [-0.25, -0.2) is 0 Å². The average molecular weight is 263 g/mol. The predicted molar refractivity (Wildman–Crippen MR) is 78.2 cm³/mol. The molecule has 0 fully saturated rings. The molecule has 1 atom stereocenters. The summed E-state index contributed by atoms with van der Waals surface area (Å²) in [6, 6.07) is 7.40.